The van der Waals surface area contributed by atoms with Gasteiger partial charge in [0, 0.05) is 18.7 Å². The summed E-state index contributed by atoms with van der Waals surface area (Å²) in [6, 6.07) is 14.8. The SMILES string of the molecule is CCOC(=O)c1ccccc1NC(=O)CCNc1cccc(C)c1. The van der Waals surface area contributed by atoms with Crippen molar-refractivity contribution in [3.63, 3.8) is 0 Å². The summed E-state index contributed by atoms with van der Waals surface area (Å²) in [4.78, 5) is 24.0. The summed E-state index contributed by atoms with van der Waals surface area (Å²) in [5.74, 6) is -0.599. The lowest BCUT2D eigenvalue weighted by atomic mass is 10.1. The third-order valence-corrected chi connectivity index (χ3v) is 3.40. The van der Waals surface area contributed by atoms with Crippen LogP contribution in [0.15, 0.2) is 48.5 Å². The molecule has 126 valence electrons. The maximum absolute atomic E-state index is 12.1. The number of carbonyl (C=O) groups excluding carboxylic acids is 2. The van der Waals surface area contributed by atoms with E-state index in [-0.39, 0.29) is 5.91 Å². The Morgan fingerprint density at radius 1 is 1.08 bits per heavy atom. The maximum atomic E-state index is 12.1. The molecule has 0 aromatic heterocycles. The number of esters is 1. The Morgan fingerprint density at radius 3 is 2.62 bits per heavy atom. The molecule has 5 nitrogen and oxygen atoms in total. The Balaban J connectivity index is 1.89. The van der Waals surface area contributed by atoms with Crippen LogP contribution in [0.4, 0.5) is 11.4 Å². The van der Waals surface area contributed by atoms with Crippen molar-refractivity contribution in [1.29, 1.82) is 0 Å². The van der Waals surface area contributed by atoms with E-state index in [1.165, 1.54) is 0 Å². The predicted molar refractivity (Wildman–Crippen MR) is 95.3 cm³/mol. The number of rotatable bonds is 7. The van der Waals surface area contributed by atoms with Crippen LogP contribution in [0, 0.1) is 6.92 Å². The minimum Gasteiger partial charge on any atom is -0.462 e. The van der Waals surface area contributed by atoms with Crippen molar-refractivity contribution in [3.05, 3.63) is 59.7 Å². The molecule has 2 aromatic rings. The molecule has 2 N–H and O–H groups in total. The van der Waals surface area contributed by atoms with Gasteiger partial charge >= 0.3 is 5.97 Å². The number of para-hydroxylation sites is 1. The maximum Gasteiger partial charge on any atom is 0.340 e. The first kappa shape index (κ1) is 17.5. The molecule has 0 aliphatic carbocycles. The van der Waals surface area contributed by atoms with Gasteiger partial charge in [-0.25, -0.2) is 4.79 Å². The average molecular weight is 326 g/mol. The lowest BCUT2D eigenvalue weighted by molar-refractivity contribution is -0.115. The first-order valence-corrected chi connectivity index (χ1v) is 7.96. The van der Waals surface area contributed by atoms with Gasteiger partial charge in [0.2, 0.25) is 5.91 Å². The number of amides is 1. The fourth-order valence-corrected chi connectivity index (χ4v) is 2.27. The molecule has 0 spiro atoms. The molecular weight excluding hydrogens is 304 g/mol. The van der Waals surface area contributed by atoms with E-state index >= 15 is 0 Å². The average Bonchev–Trinajstić information content (AvgIpc) is 2.55. The van der Waals surface area contributed by atoms with Crippen molar-refractivity contribution in [1.82, 2.24) is 0 Å². The molecule has 0 aliphatic rings. The molecule has 5 heteroatoms. The highest BCUT2D eigenvalue weighted by Gasteiger charge is 2.13. The summed E-state index contributed by atoms with van der Waals surface area (Å²) < 4.78 is 5.00. The van der Waals surface area contributed by atoms with Gasteiger partial charge in [-0.1, -0.05) is 24.3 Å². The molecule has 0 fully saturated rings. The quantitative estimate of drug-likeness (QED) is 0.763. The summed E-state index contributed by atoms with van der Waals surface area (Å²) in [5, 5.41) is 5.98. The zero-order valence-electron chi connectivity index (χ0n) is 14.0. The zero-order valence-corrected chi connectivity index (χ0v) is 14.0. The summed E-state index contributed by atoms with van der Waals surface area (Å²) in [5.41, 5.74) is 2.97. The van der Waals surface area contributed by atoms with E-state index in [0.29, 0.717) is 30.8 Å². The third kappa shape index (κ3) is 5.12. The molecule has 0 unspecified atom stereocenters. The van der Waals surface area contributed by atoms with Gasteiger partial charge in [0.05, 0.1) is 17.9 Å². The second kappa shape index (κ2) is 8.72. The van der Waals surface area contributed by atoms with Crippen LogP contribution < -0.4 is 10.6 Å². The first-order chi connectivity index (χ1) is 11.6. The predicted octanol–water partition coefficient (Wildman–Crippen LogP) is 3.61. The molecule has 0 saturated carbocycles. The van der Waals surface area contributed by atoms with Crippen LogP contribution in [-0.2, 0) is 9.53 Å². The van der Waals surface area contributed by atoms with Crippen molar-refractivity contribution >= 4 is 23.3 Å². The number of hydrogen-bond donors (Lipinski definition) is 2. The molecule has 0 radical (unpaired) electrons. The fraction of sp³-hybridized carbons (Fsp3) is 0.263. The number of anilines is 2. The monoisotopic (exact) mass is 326 g/mol. The highest BCUT2D eigenvalue weighted by molar-refractivity contribution is 6.01. The summed E-state index contributed by atoms with van der Waals surface area (Å²) >= 11 is 0. The first-order valence-electron chi connectivity index (χ1n) is 7.96. The summed E-state index contributed by atoms with van der Waals surface area (Å²) in [7, 11) is 0. The van der Waals surface area contributed by atoms with Gasteiger partial charge in [-0.3, -0.25) is 4.79 Å². The van der Waals surface area contributed by atoms with E-state index in [0.717, 1.165) is 11.3 Å². The Hall–Kier alpha value is -2.82. The normalized spacial score (nSPS) is 10.1. The zero-order chi connectivity index (χ0) is 17.4. The van der Waals surface area contributed by atoms with E-state index < -0.39 is 5.97 Å². The molecule has 0 bridgehead atoms. The van der Waals surface area contributed by atoms with Gasteiger partial charge < -0.3 is 15.4 Å². The van der Waals surface area contributed by atoms with E-state index in [2.05, 4.69) is 10.6 Å². The lowest BCUT2D eigenvalue weighted by Crippen LogP contribution is -2.18. The molecule has 0 aliphatic heterocycles. The van der Waals surface area contributed by atoms with E-state index in [1.54, 1.807) is 31.2 Å². The lowest BCUT2D eigenvalue weighted by Gasteiger charge is -2.11. The molecule has 2 aromatic carbocycles. The van der Waals surface area contributed by atoms with Crippen LogP contribution in [-0.4, -0.2) is 25.0 Å². The van der Waals surface area contributed by atoms with Crippen molar-refractivity contribution in [2.45, 2.75) is 20.3 Å². The minimum atomic E-state index is -0.439. The summed E-state index contributed by atoms with van der Waals surface area (Å²) in [6.07, 6.45) is 0.297. The van der Waals surface area contributed by atoms with E-state index in [9.17, 15) is 9.59 Å². The molecule has 2 rings (SSSR count). The Morgan fingerprint density at radius 2 is 1.88 bits per heavy atom. The number of aryl methyl sites for hydroxylation is 1. The number of nitrogens with one attached hydrogen (secondary N) is 2. The fourth-order valence-electron chi connectivity index (χ4n) is 2.27. The van der Waals surface area contributed by atoms with Crippen molar-refractivity contribution < 1.29 is 14.3 Å². The number of ether oxygens (including phenoxy) is 1. The standard InChI is InChI=1S/C19H22N2O3/c1-3-24-19(23)16-9-4-5-10-17(16)21-18(22)11-12-20-15-8-6-7-14(2)13-15/h4-10,13,20H,3,11-12H2,1-2H3,(H,21,22). The van der Waals surface area contributed by atoms with Gasteiger partial charge in [0.25, 0.3) is 0 Å². The van der Waals surface area contributed by atoms with Gasteiger partial charge in [-0.15, -0.1) is 0 Å². The van der Waals surface area contributed by atoms with Crippen molar-refractivity contribution in [2.75, 3.05) is 23.8 Å². The topological polar surface area (TPSA) is 67.4 Å². The molecule has 0 atom stereocenters. The van der Waals surface area contributed by atoms with Crippen LogP contribution >= 0.6 is 0 Å². The number of carbonyl (C=O) groups is 2. The van der Waals surface area contributed by atoms with Gasteiger partial charge in [0.15, 0.2) is 0 Å². The highest BCUT2D eigenvalue weighted by Crippen LogP contribution is 2.16. The van der Waals surface area contributed by atoms with Crippen LogP contribution in [0.25, 0.3) is 0 Å². The van der Waals surface area contributed by atoms with Crippen LogP contribution in [0.1, 0.15) is 29.3 Å². The number of hydrogen-bond acceptors (Lipinski definition) is 4. The molecule has 0 heterocycles. The van der Waals surface area contributed by atoms with Gasteiger partial charge in [-0.2, -0.15) is 0 Å². The van der Waals surface area contributed by atoms with E-state index in [1.807, 2.05) is 31.2 Å². The van der Waals surface area contributed by atoms with Crippen molar-refractivity contribution in [2.24, 2.45) is 0 Å². The third-order valence-electron chi connectivity index (χ3n) is 3.40. The Bertz CT molecular complexity index is 713. The second-order valence-corrected chi connectivity index (χ2v) is 5.36. The molecule has 24 heavy (non-hydrogen) atoms. The second-order valence-electron chi connectivity index (χ2n) is 5.36. The minimum absolute atomic E-state index is 0.160. The van der Waals surface area contributed by atoms with Gasteiger partial charge in [-0.05, 0) is 43.7 Å². The largest absolute Gasteiger partial charge is 0.462 e. The summed E-state index contributed by atoms with van der Waals surface area (Å²) in [6.45, 7) is 4.57. The Kier molecular flexibility index (Phi) is 6.37. The Labute approximate surface area is 142 Å². The molecule has 0 saturated heterocycles. The van der Waals surface area contributed by atoms with Crippen LogP contribution in [0.2, 0.25) is 0 Å². The van der Waals surface area contributed by atoms with Gasteiger partial charge in [0.1, 0.15) is 0 Å². The smallest absolute Gasteiger partial charge is 0.340 e. The van der Waals surface area contributed by atoms with Crippen molar-refractivity contribution in [3.8, 4) is 0 Å². The highest BCUT2D eigenvalue weighted by atomic mass is 16.5. The van der Waals surface area contributed by atoms with E-state index in [4.69, 9.17) is 4.74 Å². The molecule has 1 amide bonds. The molecular formula is C19H22N2O3. The van der Waals surface area contributed by atoms with Crippen LogP contribution in [0.3, 0.4) is 0 Å². The number of benzene rings is 2. The van der Waals surface area contributed by atoms with Crippen LogP contribution in [0.5, 0.6) is 0 Å².